The average molecular weight is 1760 g/mol. The van der Waals surface area contributed by atoms with Crippen LogP contribution >= 0.6 is 27.5 Å². The molecule has 0 bridgehead atoms. The second-order valence-corrected chi connectivity index (χ2v) is 32.6. The summed E-state index contributed by atoms with van der Waals surface area (Å²) < 4.78 is 69.6. The highest BCUT2D eigenvalue weighted by molar-refractivity contribution is 9.10. The summed E-state index contributed by atoms with van der Waals surface area (Å²) in [6, 6.07) is 89.2. The van der Waals surface area contributed by atoms with E-state index in [1.165, 1.54) is 124 Å². The number of benzene rings is 12. The van der Waals surface area contributed by atoms with Gasteiger partial charge in [0.25, 0.3) is 0 Å². The normalized spacial score (nSPS) is 11.3. The van der Waals surface area contributed by atoms with Crippen LogP contribution in [0.5, 0.6) is 0 Å². The molecule has 0 aliphatic heterocycles. The van der Waals surface area contributed by atoms with Crippen molar-refractivity contribution < 1.29 is 22.0 Å². The Kier molecular flexibility index (Phi) is 22.3. The zero-order chi connectivity index (χ0) is 88.0. The van der Waals surface area contributed by atoms with Gasteiger partial charge in [0.1, 0.15) is 17.5 Å². The fourth-order valence-electron chi connectivity index (χ4n) is 16.7. The van der Waals surface area contributed by atoms with Crippen LogP contribution in [0.2, 0.25) is 5.02 Å². The van der Waals surface area contributed by atoms with Gasteiger partial charge in [0.2, 0.25) is 0 Å². The lowest BCUT2D eigenvalue weighted by atomic mass is 10.0. The van der Waals surface area contributed by atoms with Crippen LogP contribution in [0.3, 0.4) is 0 Å². The summed E-state index contributed by atoms with van der Waals surface area (Å²) >= 11 is 9.68. The van der Waals surface area contributed by atoms with E-state index < -0.39 is 23.3 Å². The molecule has 128 heavy (non-hydrogen) atoms. The third-order valence-corrected chi connectivity index (χ3v) is 24.1. The van der Waals surface area contributed by atoms with Gasteiger partial charge in [-0.3, -0.25) is 4.98 Å². The van der Waals surface area contributed by atoms with Crippen LogP contribution in [-0.4, -0.2) is 59.8 Å². The minimum absolute atomic E-state index is 0.0908. The molecule has 12 nitrogen and oxygen atoms in total. The fourth-order valence-corrected chi connectivity index (χ4v) is 17.4. The Morgan fingerprint density at radius 3 is 1.54 bits per heavy atom. The first-order valence-corrected chi connectivity index (χ1v) is 42.5. The fraction of sp³-hybridized carbons (Fsp3) is 0.0459. The number of aromatic amines is 6. The van der Waals surface area contributed by atoms with E-state index in [4.69, 9.17) is 33.0 Å². The highest BCUT2D eigenvalue weighted by Crippen LogP contribution is 2.40. The molecule has 6 N–H and O–H groups in total. The van der Waals surface area contributed by atoms with Crippen molar-refractivity contribution in [3.8, 4) is 79.8 Å². The van der Waals surface area contributed by atoms with Gasteiger partial charge in [0, 0.05) is 185 Å². The molecule has 12 aromatic heterocycles. The van der Waals surface area contributed by atoms with E-state index in [1.807, 2.05) is 79.3 Å². The molecule has 0 spiro atoms. The van der Waals surface area contributed by atoms with E-state index in [0.29, 0.717) is 50.0 Å². The highest BCUT2D eigenvalue weighted by atomic mass is 79.9. The monoisotopic (exact) mass is 1760 g/mol. The minimum atomic E-state index is -1.24. The van der Waals surface area contributed by atoms with Crippen molar-refractivity contribution in [3.05, 3.63) is 394 Å². The summed E-state index contributed by atoms with van der Waals surface area (Å²) in [6.45, 7) is 10.6. The van der Waals surface area contributed by atoms with Crippen molar-refractivity contribution in [1.82, 2.24) is 59.8 Å². The van der Waals surface area contributed by atoms with E-state index in [1.54, 1.807) is 42.6 Å². The van der Waals surface area contributed by atoms with Crippen molar-refractivity contribution in [2.24, 2.45) is 0 Å². The van der Waals surface area contributed by atoms with Gasteiger partial charge in [0.15, 0.2) is 11.6 Å². The first-order chi connectivity index (χ1) is 62.3. The van der Waals surface area contributed by atoms with Gasteiger partial charge in [0.05, 0.1) is 83.6 Å². The number of hydrogen-bond donors (Lipinski definition) is 6. The lowest BCUT2D eigenvalue weighted by molar-refractivity contribution is 0.505. The number of hydrogen-bond acceptors (Lipinski definition) is 6. The molecule has 0 amide bonds. The van der Waals surface area contributed by atoms with Crippen LogP contribution in [0.25, 0.3) is 198 Å². The van der Waals surface area contributed by atoms with Gasteiger partial charge in [-0.15, -0.1) is 6.42 Å². The number of terminal acetylenes is 1. The van der Waals surface area contributed by atoms with Crippen LogP contribution < -0.4 is 0 Å². The molecule has 0 fully saturated rings. The van der Waals surface area contributed by atoms with Crippen molar-refractivity contribution in [2.75, 3.05) is 0 Å². The molecular formula is C109H75BrClF5N12. The van der Waals surface area contributed by atoms with E-state index in [-0.39, 0.29) is 22.3 Å². The zero-order valence-electron chi connectivity index (χ0n) is 69.5. The van der Waals surface area contributed by atoms with Crippen LogP contribution in [0.4, 0.5) is 22.0 Å². The molecule has 0 aliphatic carbocycles. The third kappa shape index (κ3) is 16.1. The van der Waals surface area contributed by atoms with Crippen molar-refractivity contribution in [3.63, 3.8) is 0 Å². The quantitative estimate of drug-likeness (QED) is 0.0549. The SMILES string of the molecule is C#Cc1cc(F)cc2c(-c3ccc4ccc(F)cc4n3)c[nH]c12.Cc1cc(-c2c[nH]c3c(C)cccc23)nc2ccccc12.Cc1ccc2c(-c3ccc4ccccc4n3)c[nH]c2c1.Cc1cccc2c(-c3ccc4cccc(Br)c4n3)c[nH]c12.Cc1cccc2c(-c3cnc4ccccc4c3)c[nH]c12.Fc1cc(F)c2[nH]cc(-c3ccc4c(Cl)cccc4n3)c2c1F. The number of halogens is 7. The third-order valence-electron chi connectivity index (χ3n) is 23.1. The molecule has 12 aromatic carbocycles. The van der Waals surface area contributed by atoms with E-state index >= 15 is 0 Å². The number of aryl methyl sites for hydroxylation is 5. The summed E-state index contributed by atoms with van der Waals surface area (Å²) in [4.78, 5) is 47.0. The van der Waals surface area contributed by atoms with Gasteiger partial charge in [-0.05, 0) is 188 Å². The van der Waals surface area contributed by atoms with Crippen LogP contribution in [-0.2, 0) is 0 Å². The number of nitrogens with zero attached hydrogens (tertiary/aromatic N) is 6. The van der Waals surface area contributed by atoms with Gasteiger partial charge >= 0.3 is 0 Å². The summed E-state index contributed by atoms with van der Waals surface area (Å²) in [6.07, 6.45) is 18.8. The van der Waals surface area contributed by atoms with Gasteiger partial charge in [-0.1, -0.05) is 175 Å². The maximum atomic E-state index is 14.1. The maximum Gasteiger partial charge on any atom is 0.169 e. The Hall–Kier alpha value is -15.7. The molecule has 620 valence electrons. The van der Waals surface area contributed by atoms with Crippen molar-refractivity contribution in [1.29, 1.82) is 0 Å². The highest BCUT2D eigenvalue weighted by Gasteiger charge is 2.22. The van der Waals surface area contributed by atoms with E-state index in [0.717, 1.165) is 87.6 Å². The van der Waals surface area contributed by atoms with Crippen LogP contribution in [0, 0.1) is 76.0 Å². The first kappa shape index (κ1) is 82.0. The molecule has 0 saturated carbocycles. The predicted molar refractivity (Wildman–Crippen MR) is 518 cm³/mol. The Balaban J connectivity index is 0.0000001000. The van der Waals surface area contributed by atoms with Gasteiger partial charge < -0.3 is 29.9 Å². The van der Waals surface area contributed by atoms with Gasteiger partial charge in [-0.25, -0.2) is 46.9 Å². The average Bonchev–Trinajstić information content (AvgIpc) is 1.59. The number of para-hydroxylation sites is 7. The number of H-pyrrole nitrogens is 6. The maximum absolute atomic E-state index is 14.1. The molecule has 19 heteroatoms. The molecule has 24 aromatic rings. The molecule has 24 rings (SSSR count). The second kappa shape index (κ2) is 34.8. The van der Waals surface area contributed by atoms with E-state index in [9.17, 15) is 22.0 Å². The number of nitrogens with one attached hydrogen (secondary N) is 6. The largest absolute Gasteiger partial charge is 0.360 e. The molecule has 0 unspecified atom stereocenters. The Morgan fingerprint density at radius 2 is 0.820 bits per heavy atom. The molecule has 0 radical (unpaired) electrons. The molecule has 0 atom stereocenters. The Morgan fingerprint density at radius 1 is 0.328 bits per heavy atom. The minimum Gasteiger partial charge on any atom is -0.360 e. The number of pyridine rings is 6. The van der Waals surface area contributed by atoms with Crippen LogP contribution in [0.1, 0.15) is 33.4 Å². The lowest BCUT2D eigenvalue weighted by Gasteiger charge is -2.06. The number of fused-ring (bicyclic) bond motifs is 12. The molecule has 0 saturated heterocycles. The second-order valence-electron chi connectivity index (χ2n) is 31.4. The molecule has 12 heterocycles. The Labute approximate surface area is 743 Å². The van der Waals surface area contributed by atoms with E-state index in [2.05, 4.69) is 265 Å². The van der Waals surface area contributed by atoms with Gasteiger partial charge in [-0.2, -0.15) is 0 Å². The topological polar surface area (TPSA) is 172 Å². The van der Waals surface area contributed by atoms with Crippen molar-refractivity contribution in [2.45, 2.75) is 34.6 Å². The Bertz CT molecular complexity index is 8510. The molecular weight excluding hydrogens is 1690 g/mol. The number of aromatic nitrogens is 12. The summed E-state index contributed by atoms with van der Waals surface area (Å²) in [5.41, 5.74) is 28.3. The number of rotatable bonds is 6. The van der Waals surface area contributed by atoms with Crippen LogP contribution in [0.15, 0.2) is 327 Å². The summed E-state index contributed by atoms with van der Waals surface area (Å²) in [5.74, 6) is -1.47. The van der Waals surface area contributed by atoms with Crippen molar-refractivity contribution >= 4 is 158 Å². The zero-order valence-corrected chi connectivity index (χ0v) is 71.8. The lowest BCUT2D eigenvalue weighted by Crippen LogP contribution is -1.91. The molecule has 0 aliphatic rings. The predicted octanol–water partition coefficient (Wildman–Crippen LogP) is 29.9. The first-order valence-electron chi connectivity index (χ1n) is 41.3. The summed E-state index contributed by atoms with van der Waals surface area (Å²) in [5, 5.41) is 12.3. The standard InChI is InChI=1S/C19H10F2N2.C19H16N2.C18H13BrN2.2C18H14N2.C17H8ClF3N2/c1-2-11-7-14(21)8-15-16(10-22-19(11)15)17-6-4-12-3-5-13(20)9-18(12)23-17;1-12-6-5-8-15-16(11-20-19(12)15)18-10-13(2)14-7-3-4-9-17(14)21-18;1-11-4-2-6-13-14(10-20-17(11)13)16-9-8-12-5-3-7-15(19)18(12)21-16;1-12-5-4-7-15-16(11-20-18(12)15)14-9-13-6-2-3-8-17(13)19-10-14;1-12-6-8-14-15(11-19-18(14)10-12)17-9-7-13-4-2-3-5-16(13)20-17;18-10-2-1-3-13-8(10)4-5-14(23-13)9-7-22-17-12(20)6-11(19)16(21)15(9)17/h1,3-10,22H;3-11,20H,1-2H3;2-10,20H,1H3;2-11,20H,1H3;2-11,19H,1H3;1-7,22H. The smallest absolute Gasteiger partial charge is 0.169 e. The summed E-state index contributed by atoms with van der Waals surface area (Å²) in [7, 11) is 0.